The first-order valence-corrected chi connectivity index (χ1v) is 8.75. The average molecular weight is 352 g/mol. The number of nitro groups is 1. The molecule has 0 saturated heterocycles. The van der Waals surface area contributed by atoms with Crippen molar-refractivity contribution in [3.8, 4) is 0 Å². The zero-order valence-electron chi connectivity index (χ0n) is 11.7. The fourth-order valence-electron chi connectivity index (χ4n) is 1.65. The van der Waals surface area contributed by atoms with Crippen molar-refractivity contribution in [2.24, 2.45) is 0 Å². The van der Waals surface area contributed by atoms with Gasteiger partial charge in [0.1, 0.15) is 0 Å². The maximum atomic E-state index is 12.0. The van der Waals surface area contributed by atoms with E-state index in [0.717, 1.165) is 16.7 Å². The number of amides is 1. The zero-order valence-corrected chi connectivity index (χ0v) is 13.3. The van der Waals surface area contributed by atoms with Gasteiger partial charge < -0.3 is 5.32 Å². The van der Waals surface area contributed by atoms with Gasteiger partial charge in [-0.2, -0.15) is 0 Å². The zero-order chi connectivity index (χ0) is 16.9. The summed E-state index contributed by atoms with van der Waals surface area (Å²) in [6.07, 6.45) is 1.31. The third-order valence-corrected chi connectivity index (χ3v) is 5.24. The lowest BCUT2D eigenvalue weighted by atomic mass is 10.4. The summed E-state index contributed by atoms with van der Waals surface area (Å²) in [5.74, 6) is -0.496. The Hall–Kier alpha value is -2.52. The molecule has 1 aromatic heterocycles. The number of benzene rings is 1. The molecule has 2 rings (SSSR count). The Kier molecular flexibility index (Phi) is 5.24. The molecule has 23 heavy (non-hydrogen) atoms. The minimum atomic E-state index is -3.55. The predicted octanol–water partition coefficient (Wildman–Crippen LogP) is 2.37. The van der Waals surface area contributed by atoms with E-state index in [-0.39, 0.29) is 21.3 Å². The first-order valence-electron chi connectivity index (χ1n) is 6.39. The summed E-state index contributed by atoms with van der Waals surface area (Å²) in [4.78, 5) is 22.1. The first-order chi connectivity index (χ1) is 10.9. The van der Waals surface area contributed by atoms with Gasteiger partial charge in [0.15, 0.2) is 9.84 Å². The lowest BCUT2D eigenvalue weighted by Gasteiger charge is -2.00. The first kappa shape index (κ1) is 16.8. The number of carbonyl (C=O) groups excluding carboxylic acids is 1. The van der Waals surface area contributed by atoms with E-state index in [1.54, 1.807) is 18.2 Å². The Balaban J connectivity index is 1.93. The van der Waals surface area contributed by atoms with Crippen LogP contribution in [0.4, 0.5) is 5.00 Å². The van der Waals surface area contributed by atoms with E-state index >= 15 is 0 Å². The number of thiophene rings is 1. The van der Waals surface area contributed by atoms with Gasteiger partial charge in [0.05, 0.1) is 14.7 Å². The van der Waals surface area contributed by atoms with E-state index in [2.05, 4.69) is 5.32 Å². The van der Waals surface area contributed by atoms with Crippen LogP contribution in [0, 0.1) is 10.1 Å². The van der Waals surface area contributed by atoms with Crippen molar-refractivity contribution in [2.75, 3.05) is 6.54 Å². The Labute approximate surface area is 136 Å². The van der Waals surface area contributed by atoms with Crippen molar-refractivity contribution in [3.63, 3.8) is 0 Å². The summed E-state index contributed by atoms with van der Waals surface area (Å²) < 4.78 is 23.9. The number of nitrogens with zero attached hydrogens (tertiary/aromatic N) is 1. The normalized spacial score (nSPS) is 11.5. The number of hydrogen-bond donors (Lipinski definition) is 1. The van der Waals surface area contributed by atoms with E-state index in [4.69, 9.17) is 0 Å². The third kappa shape index (κ3) is 4.47. The molecule has 0 aliphatic carbocycles. The molecular formula is C14H12N2O5S2. The van der Waals surface area contributed by atoms with Crippen molar-refractivity contribution in [1.29, 1.82) is 0 Å². The van der Waals surface area contributed by atoms with E-state index < -0.39 is 20.7 Å². The van der Waals surface area contributed by atoms with E-state index in [1.807, 2.05) is 0 Å². The van der Waals surface area contributed by atoms with Gasteiger partial charge in [-0.25, -0.2) is 8.42 Å². The molecule has 0 saturated carbocycles. The largest absolute Gasteiger partial charge is 0.348 e. The van der Waals surface area contributed by atoms with Crippen LogP contribution in [-0.4, -0.2) is 25.8 Å². The molecule has 0 fully saturated rings. The average Bonchev–Trinajstić information content (AvgIpc) is 3.02. The van der Waals surface area contributed by atoms with Gasteiger partial charge in [0.25, 0.3) is 5.91 Å². The minimum absolute atomic E-state index is 0.00338. The van der Waals surface area contributed by atoms with Gasteiger partial charge in [-0.15, -0.1) is 0 Å². The highest BCUT2D eigenvalue weighted by atomic mass is 32.2. The molecule has 1 N–H and O–H groups in total. The van der Waals surface area contributed by atoms with Crippen molar-refractivity contribution in [1.82, 2.24) is 5.32 Å². The van der Waals surface area contributed by atoms with E-state index in [0.29, 0.717) is 0 Å². The van der Waals surface area contributed by atoms with Gasteiger partial charge in [-0.05, 0) is 18.2 Å². The molecule has 0 aliphatic heterocycles. The van der Waals surface area contributed by atoms with Gasteiger partial charge >= 0.3 is 5.00 Å². The number of hydrogen-bond acceptors (Lipinski definition) is 6. The Morgan fingerprint density at radius 3 is 2.52 bits per heavy atom. The topological polar surface area (TPSA) is 106 Å². The van der Waals surface area contributed by atoms with E-state index in [1.165, 1.54) is 30.3 Å². The van der Waals surface area contributed by atoms with Crippen LogP contribution in [0.1, 0.15) is 9.67 Å². The number of rotatable bonds is 6. The van der Waals surface area contributed by atoms with Crippen LogP contribution in [0.25, 0.3) is 0 Å². The summed E-state index contributed by atoms with van der Waals surface area (Å²) in [5.41, 5.74) is 0. The van der Waals surface area contributed by atoms with Gasteiger partial charge in [0, 0.05) is 18.0 Å². The van der Waals surface area contributed by atoms with Crippen LogP contribution in [0.2, 0.25) is 0 Å². The highest BCUT2D eigenvalue weighted by molar-refractivity contribution is 7.94. The second-order valence-electron chi connectivity index (χ2n) is 4.33. The minimum Gasteiger partial charge on any atom is -0.348 e. The van der Waals surface area contributed by atoms with Gasteiger partial charge in [0.2, 0.25) is 0 Å². The molecule has 0 radical (unpaired) electrons. The summed E-state index contributed by atoms with van der Waals surface area (Å²) in [7, 11) is -3.55. The molecule has 9 heteroatoms. The molecule has 0 atom stereocenters. The van der Waals surface area contributed by atoms with Crippen molar-refractivity contribution in [2.45, 2.75) is 4.90 Å². The molecule has 0 spiro atoms. The molecule has 2 aromatic rings. The SMILES string of the molecule is O=C(NC/C=C/S(=O)(=O)c1ccccc1)c1ccc([N+](=O)[O-])s1. The van der Waals surface area contributed by atoms with E-state index in [9.17, 15) is 23.3 Å². The highest BCUT2D eigenvalue weighted by Gasteiger charge is 2.14. The number of carbonyl (C=O) groups is 1. The molecule has 7 nitrogen and oxygen atoms in total. The standard InChI is InChI=1S/C14H12N2O5S2/c17-14(12-7-8-13(22-12)16(18)19)15-9-4-10-23(20,21)11-5-2-1-3-6-11/h1-8,10H,9H2,(H,15,17)/b10-4+. The molecule has 0 unspecified atom stereocenters. The van der Waals surface area contributed by atoms with Crippen molar-refractivity contribution >= 4 is 32.1 Å². The quantitative estimate of drug-likeness (QED) is 0.634. The lowest BCUT2D eigenvalue weighted by Crippen LogP contribution is -2.22. The van der Waals surface area contributed by atoms with Crippen LogP contribution >= 0.6 is 11.3 Å². The fraction of sp³-hybridized carbons (Fsp3) is 0.0714. The molecule has 0 aliphatic rings. The van der Waals surface area contributed by atoms with Crippen LogP contribution in [-0.2, 0) is 9.84 Å². The monoisotopic (exact) mass is 352 g/mol. The maximum absolute atomic E-state index is 12.0. The molecule has 1 aromatic carbocycles. The maximum Gasteiger partial charge on any atom is 0.324 e. The Morgan fingerprint density at radius 2 is 1.91 bits per heavy atom. The molecule has 120 valence electrons. The lowest BCUT2D eigenvalue weighted by molar-refractivity contribution is -0.380. The van der Waals surface area contributed by atoms with Crippen molar-refractivity contribution < 1.29 is 18.1 Å². The summed E-state index contributed by atoms with van der Waals surface area (Å²) in [6, 6.07) is 10.5. The highest BCUT2D eigenvalue weighted by Crippen LogP contribution is 2.23. The predicted molar refractivity (Wildman–Crippen MR) is 86.1 cm³/mol. The number of nitrogens with one attached hydrogen (secondary N) is 1. The smallest absolute Gasteiger partial charge is 0.324 e. The molecule has 0 bridgehead atoms. The molecule has 1 amide bonds. The summed E-state index contributed by atoms with van der Waals surface area (Å²) in [5, 5.41) is 13.9. The van der Waals surface area contributed by atoms with Crippen LogP contribution < -0.4 is 5.32 Å². The second-order valence-corrected chi connectivity index (χ2v) is 7.23. The summed E-state index contributed by atoms with van der Waals surface area (Å²) >= 11 is 0.756. The van der Waals surface area contributed by atoms with Crippen LogP contribution in [0.5, 0.6) is 0 Å². The third-order valence-electron chi connectivity index (χ3n) is 2.72. The van der Waals surface area contributed by atoms with Gasteiger partial charge in [-0.3, -0.25) is 14.9 Å². The number of sulfone groups is 1. The molecule has 1 heterocycles. The van der Waals surface area contributed by atoms with Crippen molar-refractivity contribution in [3.05, 3.63) is 68.9 Å². The fourth-order valence-corrected chi connectivity index (χ4v) is 3.43. The molecular weight excluding hydrogens is 340 g/mol. The van der Waals surface area contributed by atoms with Gasteiger partial charge in [-0.1, -0.05) is 35.6 Å². The van der Waals surface area contributed by atoms with Crippen LogP contribution in [0.3, 0.4) is 0 Å². The summed E-state index contributed by atoms with van der Waals surface area (Å²) in [6.45, 7) is -0.00338. The second kappa shape index (κ2) is 7.16. The Morgan fingerprint density at radius 1 is 1.22 bits per heavy atom. The Bertz CT molecular complexity index is 841. The van der Waals surface area contributed by atoms with Crippen LogP contribution in [0.15, 0.2) is 58.8 Å².